The highest BCUT2D eigenvalue weighted by molar-refractivity contribution is 6.15. The third-order valence-corrected chi connectivity index (χ3v) is 17.2. The summed E-state index contributed by atoms with van der Waals surface area (Å²) in [4.78, 5) is 14.8. The molecule has 11 aromatic carbocycles. The summed E-state index contributed by atoms with van der Waals surface area (Å²) in [5.74, 6) is 1.69. The maximum Gasteiger partial charge on any atom is 0.228 e. The van der Waals surface area contributed by atoms with E-state index in [0.29, 0.717) is 0 Å². The first-order chi connectivity index (χ1) is 34.8. The molecule has 4 aliphatic heterocycles. The van der Waals surface area contributed by atoms with E-state index < -0.39 is 11.4 Å². The molecule has 0 bridgehead atoms. The van der Waals surface area contributed by atoms with E-state index in [1.165, 1.54) is 98.3 Å². The summed E-state index contributed by atoms with van der Waals surface area (Å²) in [7, 11) is 4.27. The number of hydrogen-bond donors (Lipinski definition) is 0. The Kier molecular flexibility index (Phi) is 8.69. The van der Waals surface area contributed by atoms with E-state index in [0.717, 1.165) is 33.6 Å². The Morgan fingerprint density at radius 2 is 0.778 bits per heavy atom. The maximum atomic E-state index is 7.08. The lowest BCUT2D eigenvalue weighted by molar-refractivity contribution is 0.0826. The topological polar surface area (TPSA) is 49.7 Å². The van der Waals surface area contributed by atoms with Gasteiger partial charge in [-0.05, 0) is 165 Å². The smallest absolute Gasteiger partial charge is 0.228 e. The predicted octanol–water partition coefficient (Wildman–Crippen LogP) is 16.5. The molecule has 0 N–H and O–H groups in total. The van der Waals surface area contributed by atoms with Crippen LogP contribution in [0.5, 0.6) is 11.5 Å². The minimum absolute atomic E-state index is 0.317. The molecule has 0 amide bonds. The molecular weight excluding hydrogens is 881 g/mol. The van der Waals surface area contributed by atoms with Crippen molar-refractivity contribution in [2.24, 2.45) is 9.98 Å². The van der Waals surface area contributed by atoms with Gasteiger partial charge in [-0.15, -0.1) is 0 Å². The summed E-state index contributed by atoms with van der Waals surface area (Å²) in [5, 5.41) is 17.4. The van der Waals surface area contributed by atoms with Gasteiger partial charge in [0.15, 0.2) is 0 Å². The van der Waals surface area contributed by atoms with Crippen LogP contribution in [-0.2, 0) is 10.8 Å². The van der Waals surface area contributed by atoms with E-state index in [4.69, 9.17) is 19.5 Å². The monoisotopic (exact) mass is 934 g/mol. The molecule has 2 spiro atoms. The fraction of sp³-hybridized carbons (Fsp3) is 0.182. The molecule has 0 saturated carbocycles. The Labute approximate surface area is 419 Å². The van der Waals surface area contributed by atoms with E-state index in [9.17, 15) is 0 Å². The van der Waals surface area contributed by atoms with Crippen molar-refractivity contribution in [2.75, 3.05) is 23.9 Å². The van der Waals surface area contributed by atoms with Gasteiger partial charge < -0.3 is 19.3 Å². The first-order valence-electron chi connectivity index (χ1n) is 25.2. The minimum Gasteiger partial charge on any atom is -0.459 e. The Balaban J connectivity index is 0.000000135. The van der Waals surface area contributed by atoms with Gasteiger partial charge in [-0.25, -0.2) is 0 Å². The van der Waals surface area contributed by atoms with E-state index in [2.05, 4.69) is 235 Å². The van der Waals surface area contributed by atoms with Crippen molar-refractivity contribution in [1.29, 1.82) is 0 Å². The molecule has 11 aromatic rings. The van der Waals surface area contributed by atoms with Gasteiger partial charge in [0.2, 0.25) is 11.4 Å². The molecule has 6 heteroatoms. The third kappa shape index (κ3) is 5.55. The lowest BCUT2D eigenvalue weighted by Crippen LogP contribution is -2.61. The number of aliphatic imine (C=N–C) groups is 2. The van der Waals surface area contributed by atoms with Crippen LogP contribution in [0.3, 0.4) is 0 Å². The summed E-state index contributed by atoms with van der Waals surface area (Å²) in [5.41, 5.74) is 7.10. The first kappa shape index (κ1) is 42.6. The number of fused-ring (bicyclic) bond motifs is 16. The number of nitrogens with zero attached hydrogens (tertiary/aromatic N) is 4. The quantitative estimate of drug-likeness (QED) is 0.142. The summed E-state index contributed by atoms with van der Waals surface area (Å²) in [6.07, 6.45) is 4.07. The molecule has 15 rings (SSSR count). The first-order valence-corrected chi connectivity index (χ1v) is 25.2. The molecule has 72 heavy (non-hydrogen) atoms. The zero-order valence-corrected chi connectivity index (χ0v) is 41.9. The molecule has 4 aliphatic rings. The van der Waals surface area contributed by atoms with Crippen molar-refractivity contribution in [3.05, 3.63) is 192 Å². The van der Waals surface area contributed by atoms with Crippen molar-refractivity contribution in [3.63, 3.8) is 0 Å². The highest BCUT2D eigenvalue weighted by Crippen LogP contribution is 2.58. The maximum absolute atomic E-state index is 7.08. The molecule has 0 saturated heterocycles. The normalized spacial score (nSPS) is 19.8. The third-order valence-electron chi connectivity index (χ3n) is 17.2. The minimum atomic E-state index is -0.730. The highest BCUT2D eigenvalue weighted by atomic mass is 16.5. The molecule has 350 valence electrons. The van der Waals surface area contributed by atoms with Gasteiger partial charge in [-0.1, -0.05) is 133 Å². The van der Waals surface area contributed by atoms with Crippen LogP contribution in [0.15, 0.2) is 180 Å². The lowest BCUT2D eigenvalue weighted by atomic mass is 9.77. The van der Waals surface area contributed by atoms with Crippen LogP contribution >= 0.6 is 0 Å². The van der Waals surface area contributed by atoms with Gasteiger partial charge in [-0.3, -0.25) is 9.98 Å². The standard InChI is InChI=1S/C35H28N2O.C31H26N2O/c1-21-17-31-33(27-16-15-23-10-6-8-12-26(23)32(21)27)36-20-35(38-31)34(2,3)29-19-28-24(18-30(29)37(35)4)14-13-22-9-5-7-11-25(22)28;1-19-15-28-29(24-12-8-7-10-22(19)24)32-18-31(34-28)30(2,3)26-17-25-21(16-27(26)33(31)4)14-13-20-9-5-6-11-23(20)25/h5-20H,1-4H3;5-18H,1-4H3. The molecular formula is C66H54N4O2. The SMILES string of the molecule is Cc1cc2c(c3ccc4ccccc4c13)N=CC1(O2)N(C)c2cc3ccc4ccccc4c3cc2C1(C)C.Cc1cc2c(c3ccccc13)N=CC1(O2)N(C)c2cc3ccc4ccccc4c3cc2C1(C)C. The van der Waals surface area contributed by atoms with Crippen LogP contribution in [0.4, 0.5) is 22.7 Å². The molecule has 2 atom stereocenters. The van der Waals surface area contributed by atoms with Gasteiger partial charge in [0.05, 0.1) is 23.3 Å². The van der Waals surface area contributed by atoms with Gasteiger partial charge in [-0.2, -0.15) is 0 Å². The van der Waals surface area contributed by atoms with Crippen LogP contribution in [0, 0.1) is 13.8 Å². The number of ether oxygens (including phenoxy) is 2. The molecule has 0 fully saturated rings. The van der Waals surface area contributed by atoms with Crippen molar-refractivity contribution >= 4 is 111 Å². The number of rotatable bonds is 0. The second-order valence-corrected chi connectivity index (χ2v) is 21.6. The number of hydrogen-bond acceptors (Lipinski definition) is 6. The zero-order valence-electron chi connectivity index (χ0n) is 41.9. The van der Waals surface area contributed by atoms with Gasteiger partial charge in [0.1, 0.15) is 22.9 Å². The van der Waals surface area contributed by atoms with Crippen LogP contribution < -0.4 is 19.3 Å². The Hall–Kier alpha value is -8.22. The molecule has 4 heterocycles. The van der Waals surface area contributed by atoms with Crippen LogP contribution in [0.1, 0.15) is 49.9 Å². The Morgan fingerprint density at radius 1 is 0.375 bits per heavy atom. The van der Waals surface area contributed by atoms with E-state index >= 15 is 0 Å². The largest absolute Gasteiger partial charge is 0.459 e. The average molecular weight is 935 g/mol. The predicted molar refractivity (Wildman–Crippen MR) is 304 cm³/mol. The van der Waals surface area contributed by atoms with Gasteiger partial charge in [0.25, 0.3) is 0 Å². The van der Waals surface area contributed by atoms with Gasteiger partial charge >= 0.3 is 0 Å². The van der Waals surface area contributed by atoms with Crippen LogP contribution in [0.25, 0.3) is 75.4 Å². The Bertz CT molecular complexity index is 4260. The van der Waals surface area contributed by atoms with Crippen molar-refractivity contribution in [1.82, 2.24) is 0 Å². The number of aryl methyl sites for hydroxylation is 2. The fourth-order valence-electron chi connectivity index (χ4n) is 13.1. The molecule has 0 aliphatic carbocycles. The second kappa shape index (κ2) is 14.7. The van der Waals surface area contributed by atoms with E-state index in [1.807, 2.05) is 12.4 Å². The fourth-order valence-corrected chi connectivity index (χ4v) is 13.1. The molecule has 2 unspecified atom stereocenters. The zero-order chi connectivity index (χ0) is 49.1. The molecule has 6 nitrogen and oxygen atoms in total. The summed E-state index contributed by atoms with van der Waals surface area (Å²) >= 11 is 0. The summed E-state index contributed by atoms with van der Waals surface area (Å²) in [6, 6.07) is 61.2. The average Bonchev–Trinajstić information content (AvgIpc) is 3.65. The number of anilines is 2. The van der Waals surface area contributed by atoms with Crippen molar-refractivity contribution in [2.45, 2.75) is 63.8 Å². The van der Waals surface area contributed by atoms with Gasteiger partial charge in [0, 0.05) is 36.2 Å². The van der Waals surface area contributed by atoms with Crippen LogP contribution in [-0.4, -0.2) is 38.0 Å². The van der Waals surface area contributed by atoms with E-state index in [-0.39, 0.29) is 10.8 Å². The number of likely N-dealkylation sites (N-methyl/N-ethyl adjacent to an activating group) is 2. The summed E-state index contributed by atoms with van der Waals surface area (Å²) in [6.45, 7) is 13.4. The van der Waals surface area contributed by atoms with Crippen molar-refractivity contribution < 1.29 is 9.47 Å². The highest BCUT2D eigenvalue weighted by Gasteiger charge is 2.60. The van der Waals surface area contributed by atoms with Crippen molar-refractivity contribution in [3.8, 4) is 11.5 Å². The van der Waals surface area contributed by atoms with E-state index in [1.54, 1.807) is 0 Å². The Morgan fingerprint density at radius 3 is 1.31 bits per heavy atom. The molecule has 0 aromatic heterocycles. The second-order valence-electron chi connectivity index (χ2n) is 21.6. The number of benzene rings is 11. The lowest BCUT2D eigenvalue weighted by Gasteiger charge is -2.45. The van der Waals surface area contributed by atoms with Crippen LogP contribution in [0.2, 0.25) is 0 Å². The summed E-state index contributed by atoms with van der Waals surface area (Å²) < 4.78 is 14.1. The molecule has 0 radical (unpaired) electrons.